The van der Waals surface area contributed by atoms with Crippen molar-refractivity contribution in [1.82, 2.24) is 29.6 Å². The number of carbonyl (C=O) groups is 1. The van der Waals surface area contributed by atoms with Crippen LogP contribution in [0.15, 0.2) is 47.8 Å². The van der Waals surface area contributed by atoms with Gasteiger partial charge in [0.1, 0.15) is 24.0 Å². The first-order valence-electron chi connectivity index (χ1n) is 10.6. The first-order valence-corrected chi connectivity index (χ1v) is 10.6. The van der Waals surface area contributed by atoms with Gasteiger partial charge in [-0.1, -0.05) is 6.07 Å². The lowest BCUT2D eigenvalue weighted by Gasteiger charge is -2.43. The van der Waals surface area contributed by atoms with E-state index in [0.29, 0.717) is 25.6 Å². The highest BCUT2D eigenvalue weighted by Gasteiger charge is 2.35. The van der Waals surface area contributed by atoms with Gasteiger partial charge in [-0.25, -0.2) is 9.97 Å². The zero-order valence-electron chi connectivity index (χ0n) is 17.4. The monoisotopic (exact) mass is 419 g/mol. The summed E-state index contributed by atoms with van der Waals surface area (Å²) in [5, 5.41) is 6.82. The Balaban J connectivity index is 1.33. The molecule has 5 heterocycles. The van der Waals surface area contributed by atoms with Crippen molar-refractivity contribution >= 4 is 11.7 Å². The number of amides is 1. The molecule has 1 fully saturated rings. The molecule has 2 bridgehead atoms. The van der Waals surface area contributed by atoms with Crippen LogP contribution in [0.4, 0.5) is 5.82 Å². The molecule has 0 radical (unpaired) electrons. The largest absolute Gasteiger partial charge is 0.356 e. The van der Waals surface area contributed by atoms with Gasteiger partial charge in [0.2, 0.25) is 0 Å². The molecule has 0 spiro atoms. The van der Waals surface area contributed by atoms with Gasteiger partial charge >= 0.3 is 0 Å². The van der Waals surface area contributed by atoms with E-state index in [-0.39, 0.29) is 22.9 Å². The lowest BCUT2D eigenvalue weighted by molar-refractivity contribution is 0.0949. The second-order valence-electron chi connectivity index (χ2n) is 8.34. The summed E-state index contributed by atoms with van der Waals surface area (Å²) < 4.78 is 3.45. The molecule has 0 unspecified atom stereocenters. The van der Waals surface area contributed by atoms with Gasteiger partial charge in [-0.15, -0.1) is 0 Å². The van der Waals surface area contributed by atoms with Gasteiger partial charge in [0.05, 0.1) is 6.54 Å². The maximum Gasteiger partial charge on any atom is 0.263 e. The first-order chi connectivity index (χ1) is 15.1. The first kappa shape index (κ1) is 19.5. The van der Waals surface area contributed by atoms with Crippen molar-refractivity contribution in [2.45, 2.75) is 32.4 Å². The van der Waals surface area contributed by atoms with Gasteiger partial charge in [0.15, 0.2) is 0 Å². The maximum absolute atomic E-state index is 13.1. The van der Waals surface area contributed by atoms with E-state index in [4.69, 9.17) is 0 Å². The number of hydrogen-bond acceptors (Lipinski definition) is 6. The van der Waals surface area contributed by atoms with Crippen LogP contribution in [0.2, 0.25) is 0 Å². The molecule has 0 aromatic carbocycles. The second-order valence-corrected chi connectivity index (χ2v) is 8.34. The standard InChI is InChI=1S/C22H25N7O2/c1-15-3-2-4-20(26-15)27-10-16-9-17(12-27)19-6-5-18(22(31)29(19)11-16)21(30)24-7-8-28-14-23-13-25-28/h2-6,13-14,16-17H,7-12H2,1H3,(H,24,30)/t16-,17+/m0/s1. The average Bonchev–Trinajstić information content (AvgIpc) is 3.28. The Morgan fingerprint density at radius 1 is 1.19 bits per heavy atom. The van der Waals surface area contributed by atoms with Gasteiger partial charge in [-0.05, 0) is 43.5 Å². The SMILES string of the molecule is Cc1cccc(N2C[C@@H]3C[C@H](C2)c2ccc(C(=O)NCCn4cncn4)c(=O)n2C3)n1. The van der Waals surface area contributed by atoms with Gasteiger partial charge in [-0.3, -0.25) is 14.3 Å². The number of nitrogens with one attached hydrogen (secondary N) is 1. The molecule has 2 atom stereocenters. The molecule has 9 heteroatoms. The number of aryl methyl sites for hydroxylation is 1. The molecule has 31 heavy (non-hydrogen) atoms. The number of fused-ring (bicyclic) bond motifs is 4. The summed E-state index contributed by atoms with van der Waals surface area (Å²) in [6.07, 6.45) is 4.10. The zero-order chi connectivity index (χ0) is 21.4. The Hall–Kier alpha value is -3.49. The smallest absolute Gasteiger partial charge is 0.263 e. The van der Waals surface area contributed by atoms with Crippen LogP contribution in [0, 0.1) is 12.8 Å². The van der Waals surface area contributed by atoms with Crippen LogP contribution < -0.4 is 15.8 Å². The molecular formula is C22H25N7O2. The lowest BCUT2D eigenvalue weighted by atomic mass is 9.83. The van der Waals surface area contributed by atoms with E-state index in [1.165, 1.54) is 6.33 Å². The lowest BCUT2D eigenvalue weighted by Crippen LogP contribution is -2.48. The number of nitrogens with zero attached hydrogens (tertiary/aromatic N) is 6. The van der Waals surface area contributed by atoms with Crippen molar-refractivity contribution in [3.63, 3.8) is 0 Å². The second kappa shape index (κ2) is 7.98. The molecule has 160 valence electrons. The minimum absolute atomic E-state index is 0.194. The molecule has 1 saturated heterocycles. The van der Waals surface area contributed by atoms with E-state index in [9.17, 15) is 9.59 Å². The van der Waals surface area contributed by atoms with Crippen LogP contribution in [0.5, 0.6) is 0 Å². The molecular weight excluding hydrogens is 394 g/mol. The zero-order valence-corrected chi connectivity index (χ0v) is 17.4. The summed E-state index contributed by atoms with van der Waals surface area (Å²) >= 11 is 0. The Morgan fingerprint density at radius 3 is 2.90 bits per heavy atom. The number of rotatable bonds is 5. The van der Waals surface area contributed by atoms with Gasteiger partial charge in [0.25, 0.3) is 11.5 Å². The number of hydrogen-bond donors (Lipinski definition) is 1. The van der Waals surface area contributed by atoms with E-state index < -0.39 is 0 Å². The summed E-state index contributed by atoms with van der Waals surface area (Å²) in [6, 6.07) is 9.70. The number of pyridine rings is 2. The molecule has 1 amide bonds. The molecule has 9 nitrogen and oxygen atoms in total. The van der Waals surface area contributed by atoms with Crippen molar-refractivity contribution in [2.75, 3.05) is 24.5 Å². The van der Waals surface area contributed by atoms with E-state index >= 15 is 0 Å². The molecule has 5 rings (SSSR count). The minimum Gasteiger partial charge on any atom is -0.356 e. The highest BCUT2D eigenvalue weighted by Crippen LogP contribution is 2.36. The highest BCUT2D eigenvalue weighted by atomic mass is 16.2. The van der Waals surface area contributed by atoms with Crippen LogP contribution in [0.1, 0.15) is 34.1 Å². The molecule has 3 aromatic heterocycles. The molecule has 0 saturated carbocycles. The Morgan fingerprint density at radius 2 is 2.10 bits per heavy atom. The van der Waals surface area contributed by atoms with Crippen LogP contribution in [-0.2, 0) is 13.1 Å². The van der Waals surface area contributed by atoms with Crippen molar-refractivity contribution in [3.8, 4) is 0 Å². The van der Waals surface area contributed by atoms with Crippen molar-refractivity contribution in [2.24, 2.45) is 5.92 Å². The fourth-order valence-corrected chi connectivity index (χ4v) is 4.74. The molecule has 0 aliphatic carbocycles. The predicted molar refractivity (Wildman–Crippen MR) is 115 cm³/mol. The number of piperidine rings is 1. The summed E-state index contributed by atoms with van der Waals surface area (Å²) in [5.41, 5.74) is 2.01. The number of carbonyl (C=O) groups excluding carboxylic acids is 1. The van der Waals surface area contributed by atoms with Crippen molar-refractivity contribution in [1.29, 1.82) is 0 Å². The van der Waals surface area contributed by atoms with Crippen LogP contribution in [0.3, 0.4) is 0 Å². The molecule has 3 aromatic rings. The fraction of sp³-hybridized carbons (Fsp3) is 0.409. The van der Waals surface area contributed by atoms with Crippen LogP contribution in [-0.4, -0.2) is 49.9 Å². The summed E-state index contributed by atoms with van der Waals surface area (Å²) in [4.78, 5) is 36.6. The predicted octanol–water partition coefficient (Wildman–Crippen LogP) is 1.20. The molecule has 2 aliphatic rings. The third-order valence-electron chi connectivity index (χ3n) is 6.14. The van der Waals surface area contributed by atoms with Gasteiger partial charge in [-0.2, -0.15) is 5.10 Å². The van der Waals surface area contributed by atoms with E-state index in [1.54, 1.807) is 17.1 Å². The van der Waals surface area contributed by atoms with E-state index in [0.717, 1.165) is 36.7 Å². The summed E-state index contributed by atoms with van der Waals surface area (Å²) in [7, 11) is 0. The average molecular weight is 419 g/mol. The topological polar surface area (TPSA) is 97.9 Å². The quantitative estimate of drug-likeness (QED) is 0.667. The van der Waals surface area contributed by atoms with E-state index in [2.05, 4.69) is 25.3 Å². The summed E-state index contributed by atoms with van der Waals surface area (Å²) in [6.45, 7) is 5.22. The normalized spacial score (nSPS) is 19.7. The third kappa shape index (κ3) is 3.83. The Kier molecular flexibility index (Phi) is 5.01. The van der Waals surface area contributed by atoms with Gasteiger partial charge < -0.3 is 14.8 Å². The highest BCUT2D eigenvalue weighted by molar-refractivity contribution is 5.93. The van der Waals surface area contributed by atoms with Gasteiger partial charge in [0, 0.05) is 43.5 Å². The molecule has 1 N–H and O–H groups in total. The number of aromatic nitrogens is 5. The van der Waals surface area contributed by atoms with E-state index in [1.807, 2.05) is 35.8 Å². The third-order valence-corrected chi connectivity index (χ3v) is 6.14. The maximum atomic E-state index is 13.1. The fourth-order valence-electron chi connectivity index (χ4n) is 4.74. The summed E-state index contributed by atoms with van der Waals surface area (Å²) in [5.74, 6) is 1.26. The Bertz CT molecular complexity index is 1150. The number of anilines is 1. The van der Waals surface area contributed by atoms with Crippen molar-refractivity contribution in [3.05, 3.63) is 70.3 Å². The minimum atomic E-state index is -0.346. The molecule has 2 aliphatic heterocycles. The van der Waals surface area contributed by atoms with Crippen LogP contribution >= 0.6 is 0 Å². The van der Waals surface area contributed by atoms with Crippen molar-refractivity contribution < 1.29 is 4.79 Å². The van der Waals surface area contributed by atoms with Crippen LogP contribution in [0.25, 0.3) is 0 Å². The Labute approximate surface area is 179 Å².